The first-order valence-corrected chi connectivity index (χ1v) is 22.3. The Morgan fingerprint density at radius 1 is 0.712 bits per heavy atom. The van der Waals surface area contributed by atoms with Gasteiger partial charge in [-0.2, -0.15) is 8.78 Å². The minimum Gasteiger partial charge on any atom is -0.491 e. The standard InChI is InChI=1S/C23H33FO2S2.C20H27FO3/c1-3-6-16-7-9-17(10-8-16)19-15-18-11-12-20(25-4-2)21(24)22(18)26-23(19)27-13-5-14-28-23;1-3-5-13-6-8-14(9-7-13)16-12-15-10-11-17(23-4-2)18(21)19(15)24-20(16)22/h11-12,16-17,19H,3-10,13-15H2,1-2H3;10-11,13-14,16H,3-9,12H2,1-2H3. The summed E-state index contributed by atoms with van der Waals surface area (Å²) in [5.74, 6) is 5.20. The number of fused-ring (bicyclic) bond motifs is 2. The van der Waals surface area contributed by atoms with E-state index in [0.29, 0.717) is 48.9 Å². The van der Waals surface area contributed by atoms with Gasteiger partial charge in [0.15, 0.2) is 23.0 Å². The van der Waals surface area contributed by atoms with Gasteiger partial charge in [-0.3, -0.25) is 4.79 Å². The highest BCUT2D eigenvalue weighted by Crippen LogP contribution is 2.58. The maximum absolute atomic E-state index is 15.1. The summed E-state index contributed by atoms with van der Waals surface area (Å²) in [5, 5.41) is 0. The molecule has 1 saturated heterocycles. The van der Waals surface area contributed by atoms with Gasteiger partial charge in [-0.05, 0) is 117 Å². The van der Waals surface area contributed by atoms with Gasteiger partial charge in [0.05, 0.1) is 19.1 Å². The lowest BCUT2D eigenvalue weighted by Crippen LogP contribution is -2.48. The molecule has 3 heterocycles. The number of esters is 1. The minimum absolute atomic E-state index is 0.0712. The van der Waals surface area contributed by atoms with E-state index in [9.17, 15) is 9.18 Å². The van der Waals surface area contributed by atoms with Crippen LogP contribution in [0.5, 0.6) is 23.0 Å². The topological polar surface area (TPSA) is 54.0 Å². The highest BCUT2D eigenvalue weighted by atomic mass is 32.2. The van der Waals surface area contributed by atoms with Gasteiger partial charge in [-0.1, -0.05) is 77.3 Å². The summed E-state index contributed by atoms with van der Waals surface area (Å²) < 4.78 is 51.9. The van der Waals surface area contributed by atoms with Gasteiger partial charge in [0.1, 0.15) is 0 Å². The lowest BCUT2D eigenvalue weighted by atomic mass is 9.72. The summed E-state index contributed by atoms with van der Waals surface area (Å²) in [6.07, 6.45) is 17.8. The molecule has 2 aliphatic carbocycles. The second kappa shape index (κ2) is 18.5. The van der Waals surface area contributed by atoms with Crippen LogP contribution in [0.2, 0.25) is 0 Å². The van der Waals surface area contributed by atoms with Gasteiger partial charge in [0.25, 0.3) is 0 Å². The molecule has 0 N–H and O–H groups in total. The Morgan fingerprint density at radius 2 is 1.23 bits per heavy atom. The van der Waals surface area contributed by atoms with Gasteiger partial charge < -0.3 is 18.9 Å². The summed E-state index contributed by atoms with van der Waals surface area (Å²) in [6.45, 7) is 9.07. The monoisotopic (exact) mass is 758 g/mol. The Bertz CT molecular complexity index is 1480. The molecule has 52 heavy (non-hydrogen) atoms. The predicted molar refractivity (Wildman–Crippen MR) is 209 cm³/mol. The first kappa shape index (κ1) is 39.6. The van der Waals surface area contributed by atoms with Gasteiger partial charge >= 0.3 is 5.97 Å². The fraction of sp³-hybridized carbons (Fsp3) is 0.698. The number of halogens is 2. The van der Waals surface area contributed by atoms with Crippen molar-refractivity contribution in [2.24, 2.45) is 35.5 Å². The molecule has 3 aliphatic heterocycles. The molecule has 5 aliphatic rings. The van der Waals surface area contributed by atoms with Gasteiger partial charge in [-0.15, -0.1) is 23.5 Å². The Morgan fingerprint density at radius 3 is 1.77 bits per heavy atom. The molecule has 2 unspecified atom stereocenters. The van der Waals surface area contributed by atoms with Gasteiger partial charge in [0.2, 0.25) is 15.9 Å². The van der Waals surface area contributed by atoms with E-state index in [1.165, 1.54) is 70.6 Å². The number of thioether (sulfide) groups is 2. The zero-order valence-corrected chi connectivity index (χ0v) is 33.5. The van der Waals surface area contributed by atoms with E-state index in [4.69, 9.17) is 18.9 Å². The number of ether oxygens (including phenoxy) is 4. The second-order valence-electron chi connectivity index (χ2n) is 15.5. The molecule has 0 amide bonds. The summed E-state index contributed by atoms with van der Waals surface area (Å²) >= 11 is 3.85. The first-order valence-electron chi connectivity index (χ1n) is 20.4. The Kier molecular flexibility index (Phi) is 14.1. The van der Waals surface area contributed by atoms with Crippen molar-refractivity contribution in [2.45, 2.75) is 128 Å². The van der Waals surface area contributed by atoms with Crippen LogP contribution in [-0.2, 0) is 17.6 Å². The zero-order chi connectivity index (χ0) is 36.7. The number of hydrogen-bond acceptors (Lipinski definition) is 7. The van der Waals surface area contributed by atoms with E-state index < -0.39 is 5.82 Å². The highest BCUT2D eigenvalue weighted by Gasteiger charge is 2.51. The third-order valence-electron chi connectivity index (χ3n) is 12.2. The largest absolute Gasteiger partial charge is 0.491 e. The van der Waals surface area contributed by atoms with Crippen LogP contribution in [0.15, 0.2) is 24.3 Å². The number of benzene rings is 2. The second-order valence-corrected chi connectivity index (χ2v) is 18.4. The SMILES string of the molecule is CCCC1CCC(C2Cc3ccc(OCC)c(F)c3OC23SCCCS3)CC1.CCCC1CCC(C2Cc3ccc(OCC)c(F)c3OC2=O)CC1. The Hall–Kier alpha value is -2.13. The van der Waals surface area contributed by atoms with E-state index in [0.717, 1.165) is 53.7 Å². The van der Waals surface area contributed by atoms with Crippen molar-refractivity contribution in [1.29, 1.82) is 0 Å². The lowest BCUT2D eigenvalue weighted by molar-refractivity contribution is -0.143. The van der Waals surface area contributed by atoms with Crippen molar-refractivity contribution in [3.8, 4) is 23.0 Å². The molecule has 288 valence electrons. The lowest BCUT2D eigenvalue weighted by Gasteiger charge is -2.49. The van der Waals surface area contributed by atoms with Crippen LogP contribution in [-0.4, -0.2) is 35.0 Å². The molecule has 2 saturated carbocycles. The van der Waals surface area contributed by atoms with Crippen molar-refractivity contribution in [2.75, 3.05) is 24.7 Å². The maximum atomic E-state index is 15.1. The molecule has 1 spiro atoms. The molecule has 9 heteroatoms. The molecular formula is C43H60F2O5S2. The fourth-order valence-corrected chi connectivity index (χ4v) is 12.9. The third kappa shape index (κ3) is 8.87. The van der Waals surface area contributed by atoms with Crippen LogP contribution in [0.25, 0.3) is 0 Å². The third-order valence-corrected chi connectivity index (χ3v) is 15.4. The molecule has 2 aromatic rings. The normalized spacial score (nSPS) is 28.0. The first-order chi connectivity index (χ1) is 25.3. The van der Waals surface area contributed by atoms with Crippen molar-refractivity contribution in [1.82, 2.24) is 0 Å². The summed E-state index contributed by atoms with van der Waals surface area (Å²) in [4.78, 5) is 12.5. The Balaban J connectivity index is 0.000000181. The molecule has 2 atom stereocenters. The molecule has 0 radical (unpaired) electrons. The van der Waals surface area contributed by atoms with E-state index in [1.54, 1.807) is 19.1 Å². The molecule has 0 aromatic heterocycles. The summed E-state index contributed by atoms with van der Waals surface area (Å²) in [7, 11) is 0. The van der Waals surface area contributed by atoms with Crippen molar-refractivity contribution in [3.05, 3.63) is 47.0 Å². The van der Waals surface area contributed by atoms with Gasteiger partial charge in [0, 0.05) is 5.92 Å². The molecule has 2 aromatic carbocycles. The number of carbonyl (C=O) groups is 1. The van der Waals surface area contributed by atoms with E-state index in [2.05, 4.69) is 13.8 Å². The number of rotatable bonds is 10. The Labute approximate surface area is 319 Å². The van der Waals surface area contributed by atoms with E-state index in [1.807, 2.05) is 42.6 Å². The van der Waals surface area contributed by atoms with Crippen LogP contribution in [0.1, 0.15) is 122 Å². The number of hydrogen-bond donors (Lipinski definition) is 0. The van der Waals surface area contributed by atoms with Crippen LogP contribution in [0, 0.1) is 47.1 Å². The summed E-state index contributed by atoms with van der Waals surface area (Å²) in [6, 6.07) is 7.30. The minimum atomic E-state index is -0.548. The zero-order valence-electron chi connectivity index (χ0n) is 31.8. The quantitative estimate of drug-likeness (QED) is 0.177. The molecule has 5 nitrogen and oxygen atoms in total. The smallest absolute Gasteiger partial charge is 0.315 e. The van der Waals surface area contributed by atoms with E-state index in [-0.39, 0.29) is 33.5 Å². The fourth-order valence-electron chi connectivity index (χ4n) is 9.50. The average Bonchev–Trinajstić information content (AvgIpc) is 3.16. The molecule has 7 rings (SSSR count). The van der Waals surface area contributed by atoms with Crippen molar-refractivity contribution < 1.29 is 32.5 Å². The van der Waals surface area contributed by atoms with E-state index >= 15 is 4.39 Å². The maximum Gasteiger partial charge on any atom is 0.315 e. The van der Waals surface area contributed by atoms with Gasteiger partial charge in [-0.25, -0.2) is 0 Å². The van der Waals surface area contributed by atoms with Crippen molar-refractivity contribution >= 4 is 29.5 Å². The van der Waals surface area contributed by atoms with Crippen LogP contribution >= 0.6 is 23.5 Å². The van der Waals surface area contributed by atoms with Crippen LogP contribution < -0.4 is 18.9 Å². The molecule has 0 bridgehead atoms. The molecular weight excluding hydrogens is 699 g/mol. The average molecular weight is 759 g/mol. The van der Waals surface area contributed by atoms with Crippen LogP contribution in [0.4, 0.5) is 8.78 Å². The summed E-state index contributed by atoms with van der Waals surface area (Å²) in [5.41, 5.74) is 1.82. The van der Waals surface area contributed by atoms with Crippen LogP contribution in [0.3, 0.4) is 0 Å². The highest BCUT2D eigenvalue weighted by molar-refractivity contribution is 8.18. The number of carbonyl (C=O) groups excluding carboxylic acids is 1. The van der Waals surface area contributed by atoms with Crippen molar-refractivity contribution in [3.63, 3.8) is 0 Å². The predicted octanol–water partition coefficient (Wildman–Crippen LogP) is 11.8. The molecule has 3 fully saturated rings.